The second-order valence-corrected chi connectivity index (χ2v) is 6.53. The van der Waals surface area contributed by atoms with E-state index in [4.69, 9.17) is 21.1 Å². The van der Waals surface area contributed by atoms with Gasteiger partial charge in [-0.05, 0) is 66.7 Å². The lowest BCUT2D eigenvalue weighted by atomic mass is 10.1. The first-order valence-corrected chi connectivity index (χ1v) is 9.20. The van der Waals surface area contributed by atoms with E-state index >= 15 is 0 Å². The van der Waals surface area contributed by atoms with Gasteiger partial charge in [0.1, 0.15) is 11.5 Å². The number of esters is 1. The van der Waals surface area contributed by atoms with Gasteiger partial charge in [-0.3, -0.25) is 0 Å². The molecular weight excluding hydrogens is 388 g/mol. The van der Waals surface area contributed by atoms with Gasteiger partial charge in [0.2, 0.25) is 5.88 Å². The Bertz CT molecular complexity index is 1100. The van der Waals surface area contributed by atoms with Crippen molar-refractivity contribution < 1.29 is 14.3 Å². The number of benzene rings is 3. The number of carbonyl (C=O) groups is 1. The highest BCUT2D eigenvalue weighted by Gasteiger charge is 2.10. The summed E-state index contributed by atoms with van der Waals surface area (Å²) in [7, 11) is 0. The Morgan fingerprint density at radius 3 is 2.07 bits per heavy atom. The Morgan fingerprint density at radius 2 is 1.41 bits per heavy atom. The predicted molar refractivity (Wildman–Crippen MR) is 110 cm³/mol. The highest BCUT2D eigenvalue weighted by molar-refractivity contribution is 6.30. The standard InChI is InChI=1S/C23H15ClN2O3/c24-18-10-6-17(7-11-18)23(27)29-22-15-14-21(25-26-22)16-8-12-20(13-9-16)28-19-4-2-1-3-5-19/h1-15H. The molecule has 0 fully saturated rings. The number of nitrogens with zero attached hydrogens (tertiary/aromatic N) is 2. The first kappa shape index (κ1) is 18.7. The molecule has 0 aliphatic carbocycles. The first-order valence-electron chi connectivity index (χ1n) is 8.82. The molecule has 0 radical (unpaired) electrons. The second-order valence-electron chi connectivity index (χ2n) is 6.09. The number of para-hydroxylation sites is 1. The Morgan fingerprint density at radius 1 is 0.724 bits per heavy atom. The van der Waals surface area contributed by atoms with E-state index in [-0.39, 0.29) is 5.88 Å². The number of rotatable bonds is 5. The molecule has 0 bridgehead atoms. The maximum Gasteiger partial charge on any atom is 0.344 e. The van der Waals surface area contributed by atoms with Crippen LogP contribution < -0.4 is 9.47 Å². The van der Waals surface area contributed by atoms with Crippen LogP contribution in [0.25, 0.3) is 11.3 Å². The molecule has 0 aliphatic rings. The van der Waals surface area contributed by atoms with Gasteiger partial charge in [0.15, 0.2) is 0 Å². The minimum atomic E-state index is -0.522. The van der Waals surface area contributed by atoms with Crippen molar-refractivity contribution in [2.24, 2.45) is 0 Å². The summed E-state index contributed by atoms with van der Waals surface area (Å²) >= 11 is 5.82. The largest absolute Gasteiger partial charge is 0.457 e. The normalized spacial score (nSPS) is 10.4. The van der Waals surface area contributed by atoms with Gasteiger partial charge in [-0.1, -0.05) is 29.8 Å². The molecular formula is C23H15ClN2O3. The van der Waals surface area contributed by atoms with Crippen LogP contribution in [-0.4, -0.2) is 16.2 Å². The summed E-state index contributed by atoms with van der Waals surface area (Å²) in [5, 5.41) is 8.66. The zero-order valence-electron chi connectivity index (χ0n) is 15.2. The molecule has 1 heterocycles. The van der Waals surface area contributed by atoms with E-state index in [0.717, 1.165) is 17.1 Å². The van der Waals surface area contributed by atoms with Crippen LogP contribution in [0.4, 0.5) is 0 Å². The Balaban J connectivity index is 1.42. The minimum Gasteiger partial charge on any atom is -0.457 e. The molecule has 4 rings (SSSR count). The van der Waals surface area contributed by atoms with Crippen LogP contribution in [0.5, 0.6) is 17.4 Å². The molecule has 0 N–H and O–H groups in total. The smallest absolute Gasteiger partial charge is 0.344 e. The molecule has 6 heteroatoms. The van der Waals surface area contributed by atoms with E-state index in [2.05, 4.69) is 10.2 Å². The van der Waals surface area contributed by atoms with E-state index in [1.54, 1.807) is 36.4 Å². The molecule has 142 valence electrons. The zero-order valence-corrected chi connectivity index (χ0v) is 15.9. The predicted octanol–water partition coefficient (Wildman–Crippen LogP) is 5.81. The van der Waals surface area contributed by atoms with Gasteiger partial charge >= 0.3 is 5.97 Å². The third kappa shape index (κ3) is 4.78. The molecule has 0 saturated heterocycles. The van der Waals surface area contributed by atoms with Crippen molar-refractivity contribution in [3.8, 4) is 28.6 Å². The lowest BCUT2D eigenvalue weighted by Gasteiger charge is -2.07. The van der Waals surface area contributed by atoms with E-state index in [1.165, 1.54) is 0 Å². The maximum atomic E-state index is 12.1. The van der Waals surface area contributed by atoms with Crippen LogP contribution >= 0.6 is 11.6 Å². The SMILES string of the molecule is O=C(Oc1ccc(-c2ccc(Oc3ccccc3)cc2)nn1)c1ccc(Cl)cc1. The number of hydrogen-bond acceptors (Lipinski definition) is 5. The van der Waals surface area contributed by atoms with Crippen molar-refractivity contribution in [1.82, 2.24) is 10.2 Å². The van der Waals surface area contributed by atoms with Crippen molar-refractivity contribution in [2.45, 2.75) is 0 Å². The first-order chi connectivity index (χ1) is 14.2. The number of carbonyl (C=O) groups excluding carboxylic acids is 1. The fraction of sp³-hybridized carbons (Fsp3) is 0. The number of aromatic nitrogens is 2. The molecule has 29 heavy (non-hydrogen) atoms. The third-order valence-electron chi connectivity index (χ3n) is 4.05. The van der Waals surface area contributed by atoms with Crippen molar-refractivity contribution in [3.63, 3.8) is 0 Å². The van der Waals surface area contributed by atoms with E-state index in [1.807, 2.05) is 54.6 Å². The van der Waals surface area contributed by atoms with Gasteiger partial charge in [0.05, 0.1) is 11.3 Å². The summed E-state index contributed by atoms with van der Waals surface area (Å²) in [5.74, 6) is 1.09. The van der Waals surface area contributed by atoms with E-state index in [0.29, 0.717) is 16.3 Å². The highest BCUT2D eigenvalue weighted by atomic mass is 35.5. The lowest BCUT2D eigenvalue weighted by Crippen LogP contribution is -2.09. The van der Waals surface area contributed by atoms with Crippen LogP contribution in [-0.2, 0) is 0 Å². The Kier molecular flexibility index (Phi) is 5.49. The molecule has 0 unspecified atom stereocenters. The molecule has 0 saturated carbocycles. The summed E-state index contributed by atoms with van der Waals surface area (Å²) in [5.41, 5.74) is 1.91. The monoisotopic (exact) mass is 402 g/mol. The average molecular weight is 403 g/mol. The summed E-state index contributed by atoms with van der Waals surface area (Å²) in [6.45, 7) is 0. The average Bonchev–Trinajstić information content (AvgIpc) is 2.76. The lowest BCUT2D eigenvalue weighted by molar-refractivity contribution is 0.0726. The molecule has 0 spiro atoms. The molecule has 4 aromatic rings. The van der Waals surface area contributed by atoms with Gasteiger partial charge in [-0.2, -0.15) is 0 Å². The molecule has 1 aromatic heterocycles. The number of hydrogen-bond donors (Lipinski definition) is 0. The van der Waals surface area contributed by atoms with Crippen LogP contribution in [0.1, 0.15) is 10.4 Å². The molecule has 0 atom stereocenters. The topological polar surface area (TPSA) is 61.3 Å². The summed E-state index contributed by atoms with van der Waals surface area (Å²) in [6.07, 6.45) is 0. The quantitative estimate of drug-likeness (QED) is 0.394. The van der Waals surface area contributed by atoms with Crippen LogP contribution in [0.15, 0.2) is 91.0 Å². The molecule has 0 amide bonds. The molecule has 3 aromatic carbocycles. The van der Waals surface area contributed by atoms with E-state index in [9.17, 15) is 4.79 Å². The summed E-state index contributed by atoms with van der Waals surface area (Å²) in [4.78, 5) is 12.1. The van der Waals surface area contributed by atoms with Crippen LogP contribution in [0.3, 0.4) is 0 Å². The van der Waals surface area contributed by atoms with Crippen molar-refractivity contribution >= 4 is 17.6 Å². The maximum absolute atomic E-state index is 12.1. The van der Waals surface area contributed by atoms with Gasteiger partial charge in [-0.25, -0.2) is 4.79 Å². The van der Waals surface area contributed by atoms with Crippen LogP contribution in [0, 0.1) is 0 Å². The third-order valence-corrected chi connectivity index (χ3v) is 4.30. The zero-order chi connectivity index (χ0) is 20.1. The summed E-state index contributed by atoms with van der Waals surface area (Å²) in [6, 6.07) is 26.8. The van der Waals surface area contributed by atoms with Gasteiger partial charge in [-0.15, -0.1) is 10.2 Å². The van der Waals surface area contributed by atoms with Crippen molar-refractivity contribution in [1.29, 1.82) is 0 Å². The fourth-order valence-electron chi connectivity index (χ4n) is 2.59. The van der Waals surface area contributed by atoms with Crippen LogP contribution in [0.2, 0.25) is 5.02 Å². The van der Waals surface area contributed by atoms with Crippen molar-refractivity contribution in [2.75, 3.05) is 0 Å². The van der Waals surface area contributed by atoms with E-state index < -0.39 is 5.97 Å². The number of halogens is 1. The molecule has 0 aliphatic heterocycles. The second kappa shape index (κ2) is 8.54. The summed E-state index contributed by atoms with van der Waals surface area (Å²) < 4.78 is 11.0. The Labute approximate surface area is 172 Å². The van der Waals surface area contributed by atoms with Gasteiger partial charge in [0.25, 0.3) is 0 Å². The van der Waals surface area contributed by atoms with Gasteiger partial charge < -0.3 is 9.47 Å². The Hall–Kier alpha value is -3.70. The molecule has 5 nitrogen and oxygen atoms in total. The van der Waals surface area contributed by atoms with Gasteiger partial charge in [0, 0.05) is 16.7 Å². The highest BCUT2D eigenvalue weighted by Crippen LogP contribution is 2.25. The fourth-order valence-corrected chi connectivity index (χ4v) is 2.71. The van der Waals surface area contributed by atoms with Crippen molar-refractivity contribution in [3.05, 3.63) is 102 Å². The number of ether oxygens (including phenoxy) is 2. The minimum absolute atomic E-state index is 0.123.